The van der Waals surface area contributed by atoms with Crippen LogP contribution in [0.3, 0.4) is 0 Å². The summed E-state index contributed by atoms with van der Waals surface area (Å²) in [4.78, 5) is 24.3. The molecule has 7 heteroatoms. The molecule has 94 valence electrons. The van der Waals surface area contributed by atoms with E-state index in [-0.39, 0.29) is 11.2 Å². The first kappa shape index (κ1) is 11.8. The lowest BCUT2D eigenvalue weighted by Crippen LogP contribution is -2.37. The van der Waals surface area contributed by atoms with Gasteiger partial charge >= 0.3 is 5.69 Å². The fourth-order valence-electron chi connectivity index (χ4n) is 2.32. The maximum absolute atomic E-state index is 11.4. The molecule has 0 saturated heterocycles. The molecular weight excluding hydrogens is 222 g/mol. The Bertz CT molecular complexity index is 486. The molecule has 17 heavy (non-hydrogen) atoms. The molecular formula is C10H17N5O2. The van der Waals surface area contributed by atoms with E-state index < -0.39 is 11.2 Å². The number of nitrogens with two attached hydrogens (primary N) is 1. The first-order valence-corrected chi connectivity index (χ1v) is 5.78. The quantitative estimate of drug-likeness (QED) is 0.559. The molecule has 1 aliphatic carbocycles. The Morgan fingerprint density at radius 3 is 2.65 bits per heavy atom. The van der Waals surface area contributed by atoms with Crippen LogP contribution >= 0.6 is 0 Å². The number of rotatable bonds is 4. The average molecular weight is 239 g/mol. The van der Waals surface area contributed by atoms with E-state index in [1.165, 1.54) is 12.8 Å². The number of hydrogen-bond acceptors (Lipinski definition) is 5. The van der Waals surface area contributed by atoms with Gasteiger partial charge in [0.05, 0.1) is 0 Å². The van der Waals surface area contributed by atoms with Gasteiger partial charge in [-0.1, -0.05) is 12.8 Å². The molecule has 0 spiro atoms. The number of aromatic amines is 2. The number of aromatic nitrogens is 3. The highest BCUT2D eigenvalue weighted by Gasteiger charge is 2.32. The summed E-state index contributed by atoms with van der Waals surface area (Å²) in [5.41, 5.74) is 4.75. The molecule has 0 radical (unpaired) electrons. The van der Waals surface area contributed by atoms with Crippen LogP contribution in [0.2, 0.25) is 0 Å². The lowest BCUT2D eigenvalue weighted by atomic mass is 9.86. The molecule has 1 aromatic heterocycles. The number of H-pyrrole nitrogens is 2. The Morgan fingerprint density at radius 2 is 2.06 bits per heavy atom. The van der Waals surface area contributed by atoms with Crippen LogP contribution in [-0.2, 0) is 0 Å². The first-order valence-electron chi connectivity index (χ1n) is 5.78. The van der Waals surface area contributed by atoms with Gasteiger partial charge in [0.1, 0.15) is 0 Å². The summed E-state index contributed by atoms with van der Waals surface area (Å²) in [5.74, 6) is 0.143. The van der Waals surface area contributed by atoms with Crippen molar-refractivity contribution in [3.63, 3.8) is 0 Å². The normalized spacial score (nSPS) is 18.2. The van der Waals surface area contributed by atoms with Crippen LogP contribution in [0, 0.1) is 5.41 Å². The minimum absolute atomic E-state index is 0.0598. The van der Waals surface area contributed by atoms with Crippen molar-refractivity contribution in [3.8, 4) is 0 Å². The molecule has 7 nitrogen and oxygen atoms in total. The largest absolute Gasteiger partial charge is 0.363 e. The second-order valence-electron chi connectivity index (χ2n) is 4.62. The summed E-state index contributed by atoms with van der Waals surface area (Å²) in [6.45, 7) is 1.22. The van der Waals surface area contributed by atoms with Crippen molar-refractivity contribution in [2.45, 2.75) is 25.7 Å². The molecule has 0 amide bonds. The number of hydrogen-bond donors (Lipinski definition) is 4. The van der Waals surface area contributed by atoms with Crippen LogP contribution in [0.5, 0.6) is 0 Å². The van der Waals surface area contributed by atoms with E-state index in [0.29, 0.717) is 13.1 Å². The molecule has 2 rings (SSSR count). The third kappa shape index (κ3) is 2.55. The highest BCUT2D eigenvalue weighted by atomic mass is 16.2. The summed E-state index contributed by atoms with van der Waals surface area (Å²) in [7, 11) is 0. The minimum atomic E-state index is -0.602. The zero-order valence-electron chi connectivity index (χ0n) is 9.58. The third-order valence-electron chi connectivity index (χ3n) is 3.44. The molecule has 0 atom stereocenters. The Kier molecular flexibility index (Phi) is 3.28. The zero-order valence-corrected chi connectivity index (χ0v) is 9.58. The van der Waals surface area contributed by atoms with Crippen molar-refractivity contribution in [1.82, 2.24) is 15.2 Å². The van der Waals surface area contributed by atoms with E-state index in [1.807, 2.05) is 0 Å². The maximum atomic E-state index is 11.4. The second kappa shape index (κ2) is 4.70. The van der Waals surface area contributed by atoms with Crippen molar-refractivity contribution in [3.05, 3.63) is 20.8 Å². The van der Waals surface area contributed by atoms with E-state index in [2.05, 4.69) is 20.5 Å². The summed E-state index contributed by atoms with van der Waals surface area (Å²) >= 11 is 0. The Morgan fingerprint density at radius 1 is 1.35 bits per heavy atom. The van der Waals surface area contributed by atoms with Gasteiger partial charge in [-0.25, -0.2) is 9.89 Å². The highest BCUT2D eigenvalue weighted by Crippen LogP contribution is 2.36. The summed E-state index contributed by atoms with van der Waals surface area (Å²) in [6.07, 6.45) is 4.48. The monoisotopic (exact) mass is 239 g/mol. The molecule has 0 aromatic carbocycles. The van der Waals surface area contributed by atoms with Crippen LogP contribution in [0.1, 0.15) is 25.7 Å². The molecule has 5 N–H and O–H groups in total. The number of nitrogens with zero attached hydrogens (tertiary/aromatic N) is 1. The standard InChI is InChI=1S/C10H17N5O2/c11-5-10(3-1-2-4-10)6-12-7-8(16)13-9(17)15-14-7/h1-6,11H2,(H,12,14)(H2,13,15,16,17). The van der Waals surface area contributed by atoms with Gasteiger partial charge < -0.3 is 11.1 Å². The molecule has 1 saturated carbocycles. The van der Waals surface area contributed by atoms with Crippen LogP contribution in [0.4, 0.5) is 5.82 Å². The molecule has 0 unspecified atom stereocenters. The Balaban J connectivity index is 2.06. The predicted molar refractivity (Wildman–Crippen MR) is 63.9 cm³/mol. The SMILES string of the molecule is NCC1(CNc2n[nH]c(=O)[nH]c2=O)CCCC1. The molecule has 0 bridgehead atoms. The summed E-state index contributed by atoms with van der Waals surface area (Å²) < 4.78 is 0. The molecule has 1 aromatic rings. The smallest absolute Gasteiger partial charge is 0.342 e. The van der Waals surface area contributed by atoms with E-state index >= 15 is 0 Å². The van der Waals surface area contributed by atoms with Gasteiger partial charge in [0, 0.05) is 6.54 Å². The summed E-state index contributed by atoms with van der Waals surface area (Å²) in [5, 5.41) is 8.83. The average Bonchev–Trinajstić information content (AvgIpc) is 2.77. The lowest BCUT2D eigenvalue weighted by Gasteiger charge is -2.27. The van der Waals surface area contributed by atoms with Gasteiger partial charge in [0.15, 0.2) is 0 Å². The number of nitrogens with one attached hydrogen (secondary N) is 3. The van der Waals surface area contributed by atoms with Crippen LogP contribution in [0.25, 0.3) is 0 Å². The Hall–Kier alpha value is -1.63. The third-order valence-corrected chi connectivity index (χ3v) is 3.44. The fraction of sp³-hybridized carbons (Fsp3) is 0.700. The zero-order chi connectivity index (χ0) is 12.3. The van der Waals surface area contributed by atoms with Gasteiger partial charge in [-0.15, -0.1) is 5.10 Å². The van der Waals surface area contributed by atoms with Crippen molar-refractivity contribution >= 4 is 5.82 Å². The molecule has 1 fully saturated rings. The molecule has 1 heterocycles. The van der Waals surface area contributed by atoms with E-state index in [4.69, 9.17) is 5.73 Å². The van der Waals surface area contributed by atoms with Crippen molar-refractivity contribution in [2.24, 2.45) is 11.1 Å². The van der Waals surface area contributed by atoms with Crippen molar-refractivity contribution in [1.29, 1.82) is 0 Å². The van der Waals surface area contributed by atoms with Gasteiger partial charge in [0.25, 0.3) is 5.56 Å². The molecule has 0 aliphatic heterocycles. The minimum Gasteiger partial charge on any atom is -0.363 e. The van der Waals surface area contributed by atoms with Gasteiger partial charge in [-0.2, -0.15) is 0 Å². The highest BCUT2D eigenvalue weighted by molar-refractivity contribution is 5.29. The first-order chi connectivity index (χ1) is 8.15. The topological polar surface area (TPSA) is 117 Å². The van der Waals surface area contributed by atoms with E-state index in [9.17, 15) is 9.59 Å². The van der Waals surface area contributed by atoms with Crippen molar-refractivity contribution in [2.75, 3.05) is 18.4 Å². The van der Waals surface area contributed by atoms with E-state index in [1.54, 1.807) is 0 Å². The van der Waals surface area contributed by atoms with Gasteiger partial charge in [-0.05, 0) is 24.8 Å². The number of anilines is 1. The van der Waals surface area contributed by atoms with Gasteiger partial charge in [0.2, 0.25) is 5.82 Å². The lowest BCUT2D eigenvalue weighted by molar-refractivity contribution is 0.331. The maximum Gasteiger partial charge on any atom is 0.342 e. The summed E-state index contributed by atoms with van der Waals surface area (Å²) in [6, 6.07) is 0. The van der Waals surface area contributed by atoms with E-state index in [0.717, 1.165) is 12.8 Å². The van der Waals surface area contributed by atoms with Gasteiger partial charge in [-0.3, -0.25) is 9.78 Å². The van der Waals surface area contributed by atoms with Crippen LogP contribution in [-0.4, -0.2) is 28.3 Å². The van der Waals surface area contributed by atoms with Crippen molar-refractivity contribution < 1.29 is 0 Å². The predicted octanol–water partition coefficient (Wildman–Crippen LogP) is -0.611. The van der Waals surface area contributed by atoms with Crippen LogP contribution < -0.4 is 22.3 Å². The molecule has 1 aliphatic rings. The second-order valence-corrected chi connectivity index (χ2v) is 4.62. The van der Waals surface area contributed by atoms with Crippen LogP contribution in [0.15, 0.2) is 9.59 Å². The fourth-order valence-corrected chi connectivity index (χ4v) is 2.32. The Labute approximate surface area is 97.8 Å².